The fraction of sp³-hybridized carbons (Fsp3) is 0.750. The van der Waals surface area contributed by atoms with E-state index in [4.69, 9.17) is 9.15 Å². The molecule has 1 rings (SSSR count). The maximum absolute atomic E-state index is 5.55. The second-order valence-corrected chi connectivity index (χ2v) is 4.88. The molecule has 1 N–H and O–H groups in total. The molecular weight excluding hydrogens is 218 g/mol. The van der Waals surface area contributed by atoms with E-state index in [-0.39, 0.29) is 5.54 Å². The van der Waals surface area contributed by atoms with Crippen LogP contribution in [-0.2, 0) is 6.54 Å². The molecule has 0 aliphatic rings. The number of ether oxygens (including phenoxy) is 1. The Labute approximate surface area is 103 Å². The lowest BCUT2D eigenvalue weighted by molar-refractivity contribution is 0.0928. The quantitative estimate of drug-likeness (QED) is 0.784. The number of oxazole rings is 1. The molecule has 0 radical (unpaired) electrons. The van der Waals surface area contributed by atoms with E-state index in [2.05, 4.69) is 36.0 Å². The van der Waals surface area contributed by atoms with Crippen LogP contribution in [0.4, 0.5) is 0 Å². The number of hydrogen-bond donors (Lipinski definition) is 1. The molecule has 17 heavy (non-hydrogen) atoms. The van der Waals surface area contributed by atoms with Crippen molar-refractivity contribution in [1.82, 2.24) is 15.2 Å². The van der Waals surface area contributed by atoms with Gasteiger partial charge in [-0.25, -0.2) is 0 Å². The van der Waals surface area contributed by atoms with Gasteiger partial charge in [0.25, 0.3) is 0 Å². The van der Waals surface area contributed by atoms with E-state index in [1.54, 1.807) is 6.26 Å². The minimum atomic E-state index is -0.0453. The first-order valence-electron chi connectivity index (χ1n) is 5.91. The molecule has 1 aromatic heterocycles. The molecule has 0 unspecified atom stereocenters. The fourth-order valence-electron chi connectivity index (χ4n) is 1.06. The van der Waals surface area contributed by atoms with Crippen molar-refractivity contribution in [2.75, 3.05) is 27.2 Å². The Morgan fingerprint density at radius 1 is 1.47 bits per heavy atom. The molecule has 0 aliphatic carbocycles. The summed E-state index contributed by atoms with van der Waals surface area (Å²) in [4.78, 5) is 6.35. The molecule has 0 amide bonds. The van der Waals surface area contributed by atoms with Crippen molar-refractivity contribution in [2.45, 2.75) is 32.9 Å². The normalized spacial score (nSPS) is 12.1. The standard InChI is InChI=1S/C12H23N3O2/c1-6-13-7-10-8-16-11(14-10)17-9-12(2,3)15(4)5/h8,13H,6-7,9H2,1-5H3. The SMILES string of the molecule is CCNCc1coc(OCC(C)(C)N(C)C)n1. The number of nitrogens with zero attached hydrogens (tertiary/aromatic N) is 2. The van der Waals surface area contributed by atoms with E-state index in [1.165, 1.54) is 0 Å². The van der Waals surface area contributed by atoms with Crippen LogP contribution in [0.1, 0.15) is 26.5 Å². The van der Waals surface area contributed by atoms with Gasteiger partial charge in [0.1, 0.15) is 12.9 Å². The first-order valence-corrected chi connectivity index (χ1v) is 5.91. The van der Waals surface area contributed by atoms with Crippen molar-refractivity contribution in [3.05, 3.63) is 12.0 Å². The van der Waals surface area contributed by atoms with Gasteiger partial charge in [-0.05, 0) is 34.5 Å². The number of aromatic nitrogens is 1. The van der Waals surface area contributed by atoms with E-state index in [9.17, 15) is 0 Å². The maximum Gasteiger partial charge on any atom is 0.393 e. The number of rotatable bonds is 7. The first-order chi connectivity index (χ1) is 7.95. The van der Waals surface area contributed by atoms with Crippen LogP contribution < -0.4 is 10.1 Å². The molecule has 0 aromatic carbocycles. The molecule has 0 fully saturated rings. The Hall–Kier alpha value is -1.07. The molecule has 1 heterocycles. The lowest BCUT2D eigenvalue weighted by Gasteiger charge is -2.31. The minimum Gasteiger partial charge on any atom is -0.448 e. The summed E-state index contributed by atoms with van der Waals surface area (Å²) in [5.74, 6) is 0. The van der Waals surface area contributed by atoms with Crippen LogP contribution >= 0.6 is 0 Å². The van der Waals surface area contributed by atoms with Gasteiger partial charge >= 0.3 is 6.08 Å². The summed E-state index contributed by atoms with van der Waals surface area (Å²) < 4.78 is 10.8. The second-order valence-electron chi connectivity index (χ2n) is 4.88. The lowest BCUT2D eigenvalue weighted by atomic mass is 10.1. The summed E-state index contributed by atoms with van der Waals surface area (Å²) in [6, 6.07) is 0. The van der Waals surface area contributed by atoms with Crippen molar-refractivity contribution < 1.29 is 9.15 Å². The van der Waals surface area contributed by atoms with Crippen molar-refractivity contribution in [2.24, 2.45) is 0 Å². The first kappa shape index (κ1) is 14.0. The van der Waals surface area contributed by atoms with Gasteiger partial charge in [0.2, 0.25) is 0 Å². The Morgan fingerprint density at radius 2 is 2.18 bits per heavy atom. The molecule has 5 heteroatoms. The van der Waals surface area contributed by atoms with Crippen molar-refractivity contribution in [1.29, 1.82) is 0 Å². The Balaban J connectivity index is 2.44. The van der Waals surface area contributed by atoms with Crippen LogP contribution in [0.15, 0.2) is 10.7 Å². The second kappa shape index (κ2) is 6.02. The van der Waals surface area contributed by atoms with Gasteiger partial charge < -0.3 is 19.4 Å². The van der Waals surface area contributed by atoms with Crippen LogP contribution in [0.5, 0.6) is 6.08 Å². The van der Waals surface area contributed by atoms with Crippen molar-refractivity contribution in [3.63, 3.8) is 0 Å². The van der Waals surface area contributed by atoms with Gasteiger partial charge in [0.15, 0.2) is 0 Å². The molecule has 0 bridgehead atoms. The van der Waals surface area contributed by atoms with Crippen LogP contribution in [0.25, 0.3) is 0 Å². The summed E-state index contributed by atoms with van der Waals surface area (Å²) in [6.07, 6.45) is 1.97. The zero-order chi connectivity index (χ0) is 12.9. The predicted molar refractivity (Wildman–Crippen MR) is 67.1 cm³/mol. The highest BCUT2D eigenvalue weighted by atomic mass is 16.6. The van der Waals surface area contributed by atoms with Crippen LogP contribution in [-0.4, -0.2) is 42.7 Å². The third kappa shape index (κ3) is 4.36. The monoisotopic (exact) mass is 241 g/mol. The smallest absolute Gasteiger partial charge is 0.393 e. The number of likely N-dealkylation sites (N-methyl/N-ethyl adjacent to an activating group) is 1. The zero-order valence-electron chi connectivity index (χ0n) is 11.4. The number of hydrogen-bond acceptors (Lipinski definition) is 5. The zero-order valence-corrected chi connectivity index (χ0v) is 11.4. The van der Waals surface area contributed by atoms with Gasteiger partial charge in [-0.15, -0.1) is 0 Å². The van der Waals surface area contributed by atoms with E-state index >= 15 is 0 Å². The largest absolute Gasteiger partial charge is 0.448 e. The molecule has 0 saturated heterocycles. The van der Waals surface area contributed by atoms with E-state index in [1.807, 2.05) is 14.1 Å². The van der Waals surface area contributed by atoms with Gasteiger partial charge in [-0.3, -0.25) is 0 Å². The molecule has 0 spiro atoms. The summed E-state index contributed by atoms with van der Waals surface area (Å²) in [6.45, 7) is 8.43. The highest BCUT2D eigenvalue weighted by Crippen LogP contribution is 2.15. The van der Waals surface area contributed by atoms with Crippen molar-refractivity contribution in [3.8, 4) is 6.08 Å². The van der Waals surface area contributed by atoms with Gasteiger partial charge in [0.05, 0.1) is 5.69 Å². The van der Waals surface area contributed by atoms with E-state index in [0.717, 1.165) is 12.2 Å². The Morgan fingerprint density at radius 3 is 2.76 bits per heavy atom. The Bertz CT molecular complexity index is 334. The summed E-state index contributed by atoms with van der Waals surface area (Å²) in [5.41, 5.74) is 0.820. The molecule has 5 nitrogen and oxygen atoms in total. The average molecular weight is 241 g/mol. The van der Waals surface area contributed by atoms with Gasteiger partial charge in [-0.2, -0.15) is 4.98 Å². The van der Waals surface area contributed by atoms with Gasteiger partial charge in [0, 0.05) is 12.1 Å². The van der Waals surface area contributed by atoms with E-state index in [0.29, 0.717) is 19.2 Å². The maximum atomic E-state index is 5.55. The van der Waals surface area contributed by atoms with Crippen LogP contribution in [0.2, 0.25) is 0 Å². The summed E-state index contributed by atoms with van der Waals surface area (Å²) in [5, 5.41) is 3.18. The van der Waals surface area contributed by atoms with Crippen molar-refractivity contribution >= 4 is 0 Å². The van der Waals surface area contributed by atoms with Crippen LogP contribution in [0, 0.1) is 0 Å². The molecule has 0 aliphatic heterocycles. The van der Waals surface area contributed by atoms with Crippen LogP contribution in [0.3, 0.4) is 0 Å². The molecule has 0 saturated carbocycles. The van der Waals surface area contributed by atoms with E-state index < -0.39 is 0 Å². The minimum absolute atomic E-state index is 0.0453. The average Bonchev–Trinajstić information content (AvgIpc) is 2.71. The molecule has 0 atom stereocenters. The molecule has 98 valence electrons. The Kier molecular flexibility index (Phi) is 4.96. The third-order valence-electron chi connectivity index (χ3n) is 2.85. The lowest BCUT2D eigenvalue weighted by Crippen LogP contribution is -2.43. The fourth-order valence-corrected chi connectivity index (χ4v) is 1.06. The molecule has 1 aromatic rings. The third-order valence-corrected chi connectivity index (χ3v) is 2.85. The summed E-state index contributed by atoms with van der Waals surface area (Å²) >= 11 is 0. The topological polar surface area (TPSA) is 50.5 Å². The highest BCUT2D eigenvalue weighted by Gasteiger charge is 2.22. The predicted octanol–water partition coefficient (Wildman–Crippen LogP) is 1.50. The van der Waals surface area contributed by atoms with Gasteiger partial charge in [-0.1, -0.05) is 6.92 Å². The summed E-state index contributed by atoms with van der Waals surface area (Å²) in [7, 11) is 4.05. The highest BCUT2D eigenvalue weighted by molar-refractivity contribution is 4.99. The molecular formula is C12H23N3O2. The number of nitrogens with one attached hydrogen (secondary N) is 1.